The van der Waals surface area contributed by atoms with Crippen LogP contribution in [-0.4, -0.2) is 26.1 Å². The Morgan fingerprint density at radius 3 is 2.50 bits per heavy atom. The topological polar surface area (TPSA) is 47.7 Å². The highest BCUT2D eigenvalue weighted by Crippen LogP contribution is 2.21. The number of nitrogens with zero attached hydrogens (tertiary/aromatic N) is 4. The van der Waals surface area contributed by atoms with Gasteiger partial charge >= 0.3 is 0 Å². The van der Waals surface area contributed by atoms with Crippen LogP contribution in [0.3, 0.4) is 0 Å². The monoisotopic (exact) mass is 247 g/mol. The Balaban J connectivity index is 2.35. The predicted octanol–water partition coefficient (Wildman–Crippen LogP) is 1.73. The lowest BCUT2D eigenvalue weighted by Gasteiger charge is -2.19. The molecule has 0 fully saturated rings. The van der Waals surface area contributed by atoms with Crippen LogP contribution in [0.1, 0.15) is 37.7 Å². The SMILES string of the molecule is CCCn1nccc1C(NCC)c1ccnn1C. The fourth-order valence-corrected chi connectivity index (χ4v) is 2.22. The molecule has 0 aliphatic carbocycles. The van der Waals surface area contributed by atoms with E-state index in [0.717, 1.165) is 25.2 Å². The second kappa shape index (κ2) is 5.82. The van der Waals surface area contributed by atoms with Gasteiger partial charge in [-0.15, -0.1) is 0 Å². The molecule has 18 heavy (non-hydrogen) atoms. The van der Waals surface area contributed by atoms with Crippen LogP contribution in [-0.2, 0) is 13.6 Å². The average molecular weight is 247 g/mol. The zero-order chi connectivity index (χ0) is 13.0. The van der Waals surface area contributed by atoms with Crippen molar-refractivity contribution in [1.29, 1.82) is 0 Å². The summed E-state index contributed by atoms with van der Waals surface area (Å²) in [4.78, 5) is 0. The van der Waals surface area contributed by atoms with Gasteiger partial charge in [0.2, 0.25) is 0 Å². The third kappa shape index (κ3) is 2.46. The molecule has 0 radical (unpaired) electrons. The third-order valence-electron chi connectivity index (χ3n) is 3.04. The maximum Gasteiger partial charge on any atom is 0.0918 e. The molecule has 0 spiro atoms. The summed E-state index contributed by atoms with van der Waals surface area (Å²) < 4.78 is 3.98. The molecule has 5 heteroatoms. The van der Waals surface area contributed by atoms with Gasteiger partial charge in [0.15, 0.2) is 0 Å². The van der Waals surface area contributed by atoms with Crippen LogP contribution in [0.4, 0.5) is 0 Å². The first-order chi connectivity index (χ1) is 8.77. The largest absolute Gasteiger partial charge is 0.304 e. The zero-order valence-electron chi connectivity index (χ0n) is 11.3. The van der Waals surface area contributed by atoms with E-state index in [0.29, 0.717) is 0 Å². The van der Waals surface area contributed by atoms with Gasteiger partial charge in [-0.1, -0.05) is 13.8 Å². The summed E-state index contributed by atoms with van der Waals surface area (Å²) in [6.45, 7) is 6.14. The Bertz CT molecular complexity index is 485. The third-order valence-corrected chi connectivity index (χ3v) is 3.04. The van der Waals surface area contributed by atoms with Crippen molar-refractivity contribution >= 4 is 0 Å². The van der Waals surface area contributed by atoms with Gasteiger partial charge in [0.05, 0.1) is 17.4 Å². The molecule has 0 aliphatic rings. The Kier molecular flexibility index (Phi) is 4.15. The van der Waals surface area contributed by atoms with Crippen molar-refractivity contribution in [2.24, 2.45) is 7.05 Å². The van der Waals surface area contributed by atoms with E-state index in [9.17, 15) is 0 Å². The highest BCUT2D eigenvalue weighted by atomic mass is 15.3. The lowest BCUT2D eigenvalue weighted by molar-refractivity contribution is 0.500. The van der Waals surface area contributed by atoms with Gasteiger partial charge < -0.3 is 5.32 Å². The van der Waals surface area contributed by atoms with E-state index >= 15 is 0 Å². The van der Waals surface area contributed by atoms with Crippen LogP contribution in [0, 0.1) is 0 Å². The van der Waals surface area contributed by atoms with E-state index < -0.39 is 0 Å². The highest BCUT2D eigenvalue weighted by Gasteiger charge is 2.19. The molecule has 2 heterocycles. The van der Waals surface area contributed by atoms with E-state index in [1.54, 1.807) is 0 Å². The molecule has 2 aromatic rings. The first-order valence-electron chi connectivity index (χ1n) is 6.50. The lowest BCUT2D eigenvalue weighted by atomic mass is 10.1. The van der Waals surface area contributed by atoms with Crippen molar-refractivity contribution in [2.75, 3.05) is 6.54 Å². The Labute approximate surface area is 108 Å². The minimum absolute atomic E-state index is 0.150. The summed E-state index contributed by atoms with van der Waals surface area (Å²) in [5.41, 5.74) is 2.36. The van der Waals surface area contributed by atoms with Crippen molar-refractivity contribution in [2.45, 2.75) is 32.9 Å². The van der Waals surface area contributed by atoms with E-state index in [2.05, 4.69) is 46.2 Å². The van der Waals surface area contributed by atoms with Gasteiger partial charge in [-0.25, -0.2) is 0 Å². The average Bonchev–Trinajstić information content (AvgIpc) is 2.96. The first-order valence-corrected chi connectivity index (χ1v) is 6.50. The van der Waals surface area contributed by atoms with Crippen molar-refractivity contribution in [3.8, 4) is 0 Å². The molecule has 0 saturated carbocycles. The van der Waals surface area contributed by atoms with Crippen LogP contribution in [0.2, 0.25) is 0 Å². The minimum Gasteiger partial charge on any atom is -0.304 e. The molecule has 98 valence electrons. The van der Waals surface area contributed by atoms with Gasteiger partial charge in [0.25, 0.3) is 0 Å². The Hall–Kier alpha value is -1.62. The molecule has 0 aromatic carbocycles. The molecule has 0 amide bonds. The van der Waals surface area contributed by atoms with Crippen molar-refractivity contribution in [1.82, 2.24) is 24.9 Å². The molecular formula is C13H21N5. The lowest BCUT2D eigenvalue weighted by Crippen LogP contribution is -2.26. The second-order valence-corrected chi connectivity index (χ2v) is 4.35. The molecular weight excluding hydrogens is 226 g/mol. The summed E-state index contributed by atoms with van der Waals surface area (Å²) in [7, 11) is 1.97. The fraction of sp³-hybridized carbons (Fsp3) is 0.538. The van der Waals surface area contributed by atoms with E-state index in [1.807, 2.05) is 24.1 Å². The highest BCUT2D eigenvalue weighted by molar-refractivity contribution is 5.21. The maximum atomic E-state index is 4.40. The van der Waals surface area contributed by atoms with Gasteiger partial charge in [0.1, 0.15) is 0 Å². The predicted molar refractivity (Wildman–Crippen MR) is 71.2 cm³/mol. The standard InChI is InChI=1S/C13H21N5/c1-4-10-18-12(7-9-16-18)13(14-5-2)11-6-8-15-17(11)3/h6-9,13-14H,4-5,10H2,1-3H3. The minimum atomic E-state index is 0.150. The zero-order valence-corrected chi connectivity index (χ0v) is 11.3. The Morgan fingerprint density at radius 2 is 1.89 bits per heavy atom. The van der Waals surface area contributed by atoms with Gasteiger partial charge in [-0.3, -0.25) is 9.36 Å². The smallest absolute Gasteiger partial charge is 0.0918 e. The van der Waals surface area contributed by atoms with E-state index in [4.69, 9.17) is 0 Å². The normalized spacial score (nSPS) is 12.8. The van der Waals surface area contributed by atoms with Gasteiger partial charge in [-0.05, 0) is 25.1 Å². The summed E-state index contributed by atoms with van der Waals surface area (Å²) in [5, 5.41) is 12.2. The van der Waals surface area contributed by atoms with E-state index in [1.165, 1.54) is 5.69 Å². The summed E-state index contributed by atoms with van der Waals surface area (Å²) in [6, 6.07) is 4.28. The molecule has 2 aromatic heterocycles. The van der Waals surface area contributed by atoms with Gasteiger partial charge in [-0.2, -0.15) is 10.2 Å². The van der Waals surface area contributed by atoms with E-state index in [-0.39, 0.29) is 6.04 Å². The number of aromatic nitrogens is 4. The Morgan fingerprint density at radius 1 is 1.17 bits per heavy atom. The van der Waals surface area contributed by atoms with Gasteiger partial charge in [0, 0.05) is 26.0 Å². The molecule has 2 rings (SSSR count). The first kappa shape index (κ1) is 12.8. The molecule has 0 saturated heterocycles. The number of hydrogen-bond donors (Lipinski definition) is 1. The molecule has 1 atom stereocenters. The fourth-order valence-electron chi connectivity index (χ4n) is 2.22. The summed E-state index contributed by atoms with van der Waals surface area (Å²) in [5.74, 6) is 0. The molecule has 0 bridgehead atoms. The molecule has 0 aliphatic heterocycles. The number of rotatable bonds is 6. The van der Waals surface area contributed by atoms with Crippen LogP contribution in [0.15, 0.2) is 24.5 Å². The number of nitrogens with one attached hydrogen (secondary N) is 1. The van der Waals surface area contributed by atoms with Crippen LogP contribution in [0.5, 0.6) is 0 Å². The van der Waals surface area contributed by atoms with Crippen LogP contribution >= 0.6 is 0 Å². The number of hydrogen-bond acceptors (Lipinski definition) is 3. The molecule has 1 unspecified atom stereocenters. The molecule has 1 N–H and O–H groups in total. The molecule has 5 nitrogen and oxygen atoms in total. The van der Waals surface area contributed by atoms with Crippen molar-refractivity contribution in [3.05, 3.63) is 35.9 Å². The van der Waals surface area contributed by atoms with Crippen molar-refractivity contribution < 1.29 is 0 Å². The van der Waals surface area contributed by atoms with Crippen molar-refractivity contribution in [3.63, 3.8) is 0 Å². The maximum absolute atomic E-state index is 4.40. The van der Waals surface area contributed by atoms with Crippen LogP contribution < -0.4 is 5.32 Å². The number of aryl methyl sites for hydroxylation is 2. The second-order valence-electron chi connectivity index (χ2n) is 4.35. The summed E-state index contributed by atoms with van der Waals surface area (Å²) in [6.07, 6.45) is 4.78. The van der Waals surface area contributed by atoms with Crippen LogP contribution in [0.25, 0.3) is 0 Å². The quantitative estimate of drug-likeness (QED) is 0.845. The summed E-state index contributed by atoms with van der Waals surface area (Å²) >= 11 is 0.